The molecule has 92 valence electrons. The Labute approximate surface area is 96.0 Å². The fraction of sp³-hybridized carbons (Fsp3) is 0.444. The zero-order valence-corrected chi connectivity index (χ0v) is 9.32. The average Bonchev–Trinajstić information content (AvgIpc) is 2.19. The summed E-state index contributed by atoms with van der Waals surface area (Å²) in [5, 5.41) is 10.5. The molecule has 0 aromatic carbocycles. The lowest BCUT2D eigenvalue weighted by molar-refractivity contribution is -0.385. The molecule has 0 aliphatic carbocycles. The van der Waals surface area contributed by atoms with Crippen LogP contribution < -0.4 is 5.69 Å². The van der Waals surface area contributed by atoms with Crippen LogP contribution in [-0.4, -0.2) is 26.5 Å². The average molecular weight is 241 g/mol. The minimum atomic E-state index is -0.740. The highest BCUT2D eigenvalue weighted by Gasteiger charge is 2.12. The maximum atomic E-state index is 11.3. The first-order valence-corrected chi connectivity index (χ1v) is 4.80. The third kappa shape index (κ3) is 3.67. The molecule has 0 aliphatic rings. The van der Waals surface area contributed by atoms with E-state index in [0.29, 0.717) is 0 Å². The van der Waals surface area contributed by atoms with Gasteiger partial charge in [-0.1, -0.05) is 0 Å². The van der Waals surface area contributed by atoms with Crippen LogP contribution in [0.1, 0.15) is 13.8 Å². The van der Waals surface area contributed by atoms with E-state index in [1.54, 1.807) is 13.8 Å². The molecule has 1 heterocycles. The minimum Gasteiger partial charge on any atom is -0.462 e. The highest BCUT2D eigenvalue weighted by Crippen LogP contribution is 2.04. The first kappa shape index (κ1) is 12.8. The van der Waals surface area contributed by atoms with Gasteiger partial charge in [-0.2, -0.15) is 4.98 Å². The number of hydrogen-bond donors (Lipinski definition) is 0. The monoisotopic (exact) mass is 241 g/mol. The first-order valence-electron chi connectivity index (χ1n) is 4.80. The van der Waals surface area contributed by atoms with E-state index in [1.807, 2.05) is 0 Å². The Bertz CT molecular complexity index is 494. The van der Waals surface area contributed by atoms with Crippen molar-refractivity contribution in [3.05, 3.63) is 33.0 Å². The van der Waals surface area contributed by atoms with Gasteiger partial charge in [-0.3, -0.25) is 19.5 Å². The molecule has 0 N–H and O–H groups in total. The molecule has 1 aromatic heterocycles. The molecule has 0 aliphatic heterocycles. The molecular weight excluding hydrogens is 230 g/mol. The Morgan fingerprint density at radius 2 is 2.29 bits per heavy atom. The molecule has 0 bridgehead atoms. The Kier molecular flexibility index (Phi) is 3.91. The van der Waals surface area contributed by atoms with Crippen LogP contribution in [0.25, 0.3) is 0 Å². The van der Waals surface area contributed by atoms with Gasteiger partial charge >= 0.3 is 17.3 Å². The SMILES string of the molecule is CC(C)OC(=O)Cn1cc([N+](=O)[O-])cnc1=O. The van der Waals surface area contributed by atoms with Crippen LogP contribution in [0.4, 0.5) is 5.69 Å². The topological polar surface area (TPSA) is 104 Å². The molecule has 0 amide bonds. The zero-order chi connectivity index (χ0) is 13.0. The lowest BCUT2D eigenvalue weighted by atomic mass is 10.4. The van der Waals surface area contributed by atoms with Crippen molar-refractivity contribution in [2.75, 3.05) is 0 Å². The van der Waals surface area contributed by atoms with Crippen molar-refractivity contribution < 1.29 is 14.5 Å². The lowest BCUT2D eigenvalue weighted by Gasteiger charge is -2.08. The molecular formula is C9H11N3O5. The summed E-state index contributed by atoms with van der Waals surface area (Å²) in [6.07, 6.45) is 1.48. The predicted octanol–water partition coefficient (Wildman–Crippen LogP) is 0.103. The van der Waals surface area contributed by atoms with Gasteiger partial charge in [0.2, 0.25) is 0 Å². The van der Waals surface area contributed by atoms with Gasteiger partial charge in [0.05, 0.1) is 17.2 Å². The Hall–Kier alpha value is -2.25. The van der Waals surface area contributed by atoms with Gasteiger partial charge in [-0.15, -0.1) is 0 Å². The Morgan fingerprint density at radius 3 is 2.82 bits per heavy atom. The van der Waals surface area contributed by atoms with Crippen LogP contribution >= 0.6 is 0 Å². The summed E-state index contributed by atoms with van der Waals surface area (Å²) in [7, 11) is 0. The van der Waals surface area contributed by atoms with E-state index in [0.717, 1.165) is 17.0 Å². The van der Waals surface area contributed by atoms with Gasteiger partial charge in [0.25, 0.3) is 0 Å². The summed E-state index contributed by atoms with van der Waals surface area (Å²) in [5.41, 5.74) is -1.10. The highest BCUT2D eigenvalue weighted by molar-refractivity contribution is 5.69. The molecule has 0 radical (unpaired) electrons. The predicted molar refractivity (Wildman–Crippen MR) is 56.4 cm³/mol. The molecule has 8 nitrogen and oxygen atoms in total. The molecule has 17 heavy (non-hydrogen) atoms. The van der Waals surface area contributed by atoms with Crippen molar-refractivity contribution >= 4 is 11.7 Å². The number of carbonyl (C=O) groups excluding carboxylic acids is 1. The van der Waals surface area contributed by atoms with Crippen LogP contribution in [0.15, 0.2) is 17.2 Å². The van der Waals surface area contributed by atoms with Crippen molar-refractivity contribution in [1.29, 1.82) is 0 Å². The van der Waals surface area contributed by atoms with Crippen molar-refractivity contribution in [1.82, 2.24) is 9.55 Å². The van der Waals surface area contributed by atoms with Crippen LogP contribution in [-0.2, 0) is 16.1 Å². The van der Waals surface area contributed by atoms with Crippen LogP contribution in [0.2, 0.25) is 0 Å². The van der Waals surface area contributed by atoms with Gasteiger partial charge in [-0.05, 0) is 13.8 Å². The molecule has 0 atom stereocenters. The fourth-order valence-corrected chi connectivity index (χ4v) is 1.09. The normalized spacial score (nSPS) is 10.3. The summed E-state index contributed by atoms with van der Waals surface area (Å²) >= 11 is 0. The van der Waals surface area contributed by atoms with E-state index in [1.165, 1.54) is 0 Å². The third-order valence-corrected chi connectivity index (χ3v) is 1.72. The number of aromatic nitrogens is 2. The summed E-state index contributed by atoms with van der Waals surface area (Å²) in [6, 6.07) is 0. The van der Waals surface area contributed by atoms with E-state index >= 15 is 0 Å². The second-order valence-corrected chi connectivity index (χ2v) is 3.52. The Balaban J connectivity index is 2.90. The summed E-state index contributed by atoms with van der Waals surface area (Å²) in [6.45, 7) is 2.92. The van der Waals surface area contributed by atoms with Gasteiger partial charge in [0.1, 0.15) is 12.7 Å². The number of ether oxygens (including phenoxy) is 1. The summed E-state index contributed by atoms with van der Waals surface area (Å²) < 4.78 is 5.65. The molecule has 0 spiro atoms. The van der Waals surface area contributed by atoms with Gasteiger partial charge in [-0.25, -0.2) is 4.79 Å². The van der Waals surface area contributed by atoms with E-state index in [4.69, 9.17) is 4.74 Å². The molecule has 1 rings (SSSR count). The largest absolute Gasteiger partial charge is 0.462 e. The Morgan fingerprint density at radius 1 is 1.65 bits per heavy atom. The number of rotatable bonds is 4. The zero-order valence-electron chi connectivity index (χ0n) is 9.32. The van der Waals surface area contributed by atoms with Crippen LogP contribution in [0.5, 0.6) is 0 Å². The van der Waals surface area contributed by atoms with Crippen LogP contribution in [0.3, 0.4) is 0 Å². The molecule has 0 saturated carbocycles. The second kappa shape index (κ2) is 5.19. The fourth-order valence-electron chi connectivity index (χ4n) is 1.09. The molecule has 0 fully saturated rings. The summed E-state index contributed by atoms with van der Waals surface area (Å²) in [4.78, 5) is 35.6. The van der Waals surface area contributed by atoms with Gasteiger partial charge < -0.3 is 4.74 Å². The van der Waals surface area contributed by atoms with Crippen molar-refractivity contribution in [2.45, 2.75) is 26.5 Å². The molecule has 1 aromatic rings. The maximum absolute atomic E-state index is 11.3. The van der Waals surface area contributed by atoms with Gasteiger partial charge in [0, 0.05) is 0 Å². The van der Waals surface area contributed by atoms with E-state index < -0.39 is 23.1 Å². The standard InChI is InChI=1S/C9H11N3O5/c1-6(2)17-8(13)5-11-4-7(12(15)16)3-10-9(11)14/h3-4,6H,5H2,1-2H3. The van der Waals surface area contributed by atoms with E-state index in [2.05, 4.69) is 4.98 Å². The number of carbonyl (C=O) groups is 1. The molecule has 8 heteroatoms. The van der Waals surface area contributed by atoms with Gasteiger partial charge in [0.15, 0.2) is 0 Å². The lowest BCUT2D eigenvalue weighted by Crippen LogP contribution is -2.28. The first-order chi connectivity index (χ1) is 7.90. The smallest absolute Gasteiger partial charge is 0.348 e. The third-order valence-electron chi connectivity index (χ3n) is 1.72. The van der Waals surface area contributed by atoms with Crippen molar-refractivity contribution in [3.63, 3.8) is 0 Å². The highest BCUT2D eigenvalue weighted by atomic mass is 16.6. The number of nitro groups is 1. The van der Waals surface area contributed by atoms with Crippen molar-refractivity contribution in [3.8, 4) is 0 Å². The van der Waals surface area contributed by atoms with Crippen molar-refractivity contribution in [2.24, 2.45) is 0 Å². The maximum Gasteiger partial charge on any atom is 0.348 e. The van der Waals surface area contributed by atoms with E-state index in [-0.39, 0.29) is 11.8 Å². The summed E-state index contributed by atoms with van der Waals surface area (Å²) in [5.74, 6) is -0.649. The number of esters is 1. The molecule has 0 saturated heterocycles. The molecule has 0 unspecified atom stereocenters. The van der Waals surface area contributed by atoms with Crippen LogP contribution in [0, 0.1) is 10.1 Å². The quantitative estimate of drug-likeness (QED) is 0.420. The van der Waals surface area contributed by atoms with E-state index in [9.17, 15) is 19.7 Å². The number of hydrogen-bond acceptors (Lipinski definition) is 6. The second-order valence-electron chi connectivity index (χ2n) is 3.52. The number of nitrogens with zero attached hydrogens (tertiary/aromatic N) is 3. The minimum absolute atomic E-state index is 0.315.